The summed E-state index contributed by atoms with van der Waals surface area (Å²) >= 11 is 0. The maximum Gasteiger partial charge on any atom is 0.115 e. The van der Waals surface area contributed by atoms with Gasteiger partial charge >= 0.3 is 0 Å². The average molecular weight is 306 g/mol. The van der Waals surface area contributed by atoms with Crippen LogP contribution in [0.4, 0.5) is 0 Å². The van der Waals surface area contributed by atoms with E-state index in [9.17, 15) is 0 Å². The fourth-order valence-corrected chi connectivity index (χ4v) is 0.856. The number of aromatic hydroxyl groups is 2. The van der Waals surface area contributed by atoms with E-state index in [1.807, 2.05) is 12.1 Å². The van der Waals surface area contributed by atoms with Crippen molar-refractivity contribution in [2.45, 2.75) is 0 Å². The molecule has 88 valence electrons. The van der Waals surface area contributed by atoms with Gasteiger partial charge in [-0.25, -0.2) is 0 Å². The van der Waals surface area contributed by atoms with E-state index in [-0.39, 0.29) is 29.4 Å². The van der Waals surface area contributed by atoms with Gasteiger partial charge in [0.1, 0.15) is 11.5 Å². The maximum absolute atomic E-state index is 8.63. The molecule has 0 radical (unpaired) electrons. The number of rotatable bonds is 0. The minimum atomic E-state index is 0. The van der Waals surface area contributed by atoms with Gasteiger partial charge in [-0.2, -0.15) is 0 Å². The molecule has 2 aromatic carbocycles. The highest BCUT2D eigenvalue weighted by Gasteiger charge is 1.75. The molecule has 0 aliphatic heterocycles. The highest BCUT2D eigenvalue weighted by atomic mass is 79.9. The van der Waals surface area contributed by atoms with Crippen LogP contribution in [0, 0.1) is 0 Å². The van der Waals surface area contributed by atoms with E-state index in [1.54, 1.807) is 48.5 Å². The summed E-state index contributed by atoms with van der Waals surface area (Å²) < 4.78 is 0. The molecule has 0 bridgehead atoms. The van der Waals surface area contributed by atoms with Crippen molar-refractivity contribution in [3.8, 4) is 11.5 Å². The molecule has 0 saturated heterocycles. The van der Waals surface area contributed by atoms with Crippen LogP contribution < -0.4 is 0 Å². The zero-order valence-electron chi connectivity index (χ0n) is 8.48. The van der Waals surface area contributed by atoms with Gasteiger partial charge in [-0.1, -0.05) is 36.4 Å². The Morgan fingerprint density at radius 3 is 0.938 bits per heavy atom. The number of halogens is 2. The van der Waals surface area contributed by atoms with Gasteiger partial charge in [0.05, 0.1) is 0 Å². The van der Waals surface area contributed by atoms with Crippen LogP contribution in [0.25, 0.3) is 0 Å². The first-order valence-electron chi connectivity index (χ1n) is 4.27. The lowest BCUT2D eigenvalue weighted by Gasteiger charge is -1.82. The molecule has 4 heteroatoms. The number of phenols is 2. The van der Waals surface area contributed by atoms with Crippen LogP contribution in [0.1, 0.15) is 0 Å². The predicted octanol–water partition coefficient (Wildman–Crippen LogP) is 3.78. The van der Waals surface area contributed by atoms with Gasteiger partial charge in [-0.3, -0.25) is 0 Å². The van der Waals surface area contributed by atoms with Crippen LogP contribution in [0.5, 0.6) is 11.5 Å². The van der Waals surface area contributed by atoms with E-state index >= 15 is 0 Å². The SMILES string of the molecule is Br.Cl.Oc1ccccc1.Oc1ccccc1. The quantitative estimate of drug-likeness (QED) is 0.777. The summed E-state index contributed by atoms with van der Waals surface area (Å²) in [7, 11) is 0. The van der Waals surface area contributed by atoms with Gasteiger partial charge in [0.25, 0.3) is 0 Å². The maximum atomic E-state index is 8.63. The molecule has 2 N–H and O–H groups in total. The minimum Gasteiger partial charge on any atom is -0.508 e. The van der Waals surface area contributed by atoms with Crippen molar-refractivity contribution in [3.63, 3.8) is 0 Å². The highest BCUT2D eigenvalue weighted by molar-refractivity contribution is 8.93. The van der Waals surface area contributed by atoms with Gasteiger partial charge < -0.3 is 10.2 Å². The molecule has 2 aromatic rings. The summed E-state index contributed by atoms with van der Waals surface area (Å²) in [6.07, 6.45) is 0. The van der Waals surface area contributed by atoms with Gasteiger partial charge in [-0.15, -0.1) is 29.4 Å². The van der Waals surface area contributed by atoms with E-state index < -0.39 is 0 Å². The van der Waals surface area contributed by atoms with E-state index in [1.165, 1.54) is 0 Å². The number of hydrogen-bond acceptors (Lipinski definition) is 2. The molecule has 2 rings (SSSR count). The number of phenolic OH excluding ortho intramolecular Hbond substituents is 2. The van der Waals surface area contributed by atoms with Crippen LogP contribution in [0.2, 0.25) is 0 Å². The van der Waals surface area contributed by atoms with Gasteiger partial charge in [0, 0.05) is 0 Å². The van der Waals surface area contributed by atoms with Crippen LogP contribution in [0.15, 0.2) is 60.7 Å². The predicted molar refractivity (Wildman–Crippen MR) is 73.8 cm³/mol. The fourth-order valence-electron chi connectivity index (χ4n) is 0.856. The second-order valence-corrected chi connectivity index (χ2v) is 2.67. The number of benzene rings is 2. The lowest BCUT2D eigenvalue weighted by atomic mass is 10.3. The summed E-state index contributed by atoms with van der Waals surface area (Å²) in [4.78, 5) is 0. The molecular formula is C12H14BrClO2. The van der Waals surface area contributed by atoms with Crippen LogP contribution >= 0.6 is 29.4 Å². The molecule has 2 nitrogen and oxygen atoms in total. The lowest BCUT2D eigenvalue weighted by molar-refractivity contribution is 0.475. The molecule has 0 heterocycles. The van der Waals surface area contributed by atoms with Crippen molar-refractivity contribution < 1.29 is 10.2 Å². The fraction of sp³-hybridized carbons (Fsp3) is 0. The van der Waals surface area contributed by atoms with Crippen molar-refractivity contribution >= 4 is 29.4 Å². The monoisotopic (exact) mass is 304 g/mol. The molecule has 0 spiro atoms. The van der Waals surface area contributed by atoms with E-state index in [4.69, 9.17) is 10.2 Å². The topological polar surface area (TPSA) is 40.5 Å². The molecule has 0 unspecified atom stereocenters. The summed E-state index contributed by atoms with van der Waals surface area (Å²) in [5.41, 5.74) is 0. The third-order valence-electron chi connectivity index (χ3n) is 1.51. The summed E-state index contributed by atoms with van der Waals surface area (Å²) in [6.45, 7) is 0. The minimum absolute atomic E-state index is 0. The van der Waals surface area contributed by atoms with Crippen molar-refractivity contribution in [2.75, 3.05) is 0 Å². The lowest BCUT2D eigenvalue weighted by Crippen LogP contribution is -1.56. The van der Waals surface area contributed by atoms with Gasteiger partial charge in [0.2, 0.25) is 0 Å². The van der Waals surface area contributed by atoms with E-state index in [0.717, 1.165) is 0 Å². The molecule has 0 aliphatic rings. The Balaban J connectivity index is 0. The van der Waals surface area contributed by atoms with Crippen molar-refractivity contribution in [3.05, 3.63) is 60.7 Å². The highest BCUT2D eigenvalue weighted by Crippen LogP contribution is 2.03. The average Bonchev–Trinajstić information content (AvgIpc) is 2.21. The van der Waals surface area contributed by atoms with Gasteiger partial charge in [0.15, 0.2) is 0 Å². The molecule has 0 fully saturated rings. The standard InChI is InChI=1S/2C6H6O.BrH.ClH/c2*7-6-4-2-1-3-5-6;;/h2*1-5,7H;2*1H. The van der Waals surface area contributed by atoms with Crippen molar-refractivity contribution in [1.82, 2.24) is 0 Å². The second kappa shape index (κ2) is 10.3. The Morgan fingerprint density at radius 1 is 0.562 bits per heavy atom. The summed E-state index contributed by atoms with van der Waals surface area (Å²) in [5.74, 6) is 0.644. The Bertz CT molecular complexity index is 316. The molecule has 0 saturated carbocycles. The van der Waals surface area contributed by atoms with Crippen molar-refractivity contribution in [2.24, 2.45) is 0 Å². The third-order valence-corrected chi connectivity index (χ3v) is 1.51. The molecule has 0 atom stereocenters. The zero-order chi connectivity index (χ0) is 10.2. The van der Waals surface area contributed by atoms with Crippen LogP contribution in [-0.2, 0) is 0 Å². The molecule has 0 aromatic heterocycles. The summed E-state index contributed by atoms with van der Waals surface area (Å²) in [6, 6.07) is 17.4. The molecule has 0 aliphatic carbocycles. The number of para-hydroxylation sites is 2. The Kier molecular flexibility index (Phi) is 11.1. The van der Waals surface area contributed by atoms with Crippen molar-refractivity contribution in [1.29, 1.82) is 0 Å². The third kappa shape index (κ3) is 8.15. The Hall–Kier alpha value is -1.19. The first-order chi connectivity index (χ1) is 6.79. The molecular weight excluding hydrogens is 291 g/mol. The summed E-state index contributed by atoms with van der Waals surface area (Å²) in [5, 5.41) is 17.3. The largest absolute Gasteiger partial charge is 0.508 e. The number of hydrogen-bond donors (Lipinski definition) is 2. The Morgan fingerprint density at radius 2 is 0.812 bits per heavy atom. The second-order valence-electron chi connectivity index (χ2n) is 2.67. The smallest absolute Gasteiger partial charge is 0.115 e. The van der Waals surface area contributed by atoms with Gasteiger partial charge in [-0.05, 0) is 24.3 Å². The first-order valence-corrected chi connectivity index (χ1v) is 4.27. The van der Waals surface area contributed by atoms with Crippen LogP contribution in [0.3, 0.4) is 0 Å². The van der Waals surface area contributed by atoms with E-state index in [2.05, 4.69) is 0 Å². The molecule has 0 amide bonds. The molecule has 16 heavy (non-hydrogen) atoms. The normalized spacial score (nSPS) is 7.50. The van der Waals surface area contributed by atoms with Crippen LogP contribution in [-0.4, -0.2) is 10.2 Å². The first kappa shape index (κ1) is 17.2. The van der Waals surface area contributed by atoms with E-state index in [0.29, 0.717) is 11.5 Å². The zero-order valence-corrected chi connectivity index (χ0v) is 11.0. The Labute approximate surface area is 112 Å².